The molecule has 0 heterocycles. The molecular weight excluding hydrogens is 458 g/mol. The van der Waals surface area contributed by atoms with Gasteiger partial charge in [-0.25, -0.2) is 0 Å². The quantitative estimate of drug-likeness (QED) is 0.123. The molecule has 180 valence electrons. The minimum Gasteiger partial charge on any atom is -0.0622 e. The maximum Gasteiger partial charge on any atom is -0.0195 e. The molecule has 0 nitrogen and oxygen atoms in total. The van der Waals surface area contributed by atoms with E-state index in [0.717, 1.165) is 0 Å². The molecule has 4 aromatic carbocycles. The molecular formula is C33H38P2. The Hall–Kier alpha value is -2.26. The molecule has 0 radical (unpaired) electrons. The lowest BCUT2D eigenvalue weighted by atomic mass is 10.1. The first-order valence-corrected chi connectivity index (χ1v) is 16.2. The third-order valence-corrected chi connectivity index (χ3v) is 11.7. The lowest BCUT2D eigenvalue weighted by Crippen LogP contribution is -2.13. The fraction of sp³-hybridized carbons (Fsp3) is 0.273. The van der Waals surface area contributed by atoms with Crippen LogP contribution in [0.3, 0.4) is 0 Å². The Balaban J connectivity index is 1.16. The van der Waals surface area contributed by atoms with Gasteiger partial charge in [0, 0.05) is 0 Å². The molecule has 0 spiro atoms. The number of hydrogen-bond acceptors (Lipinski definition) is 0. The summed E-state index contributed by atoms with van der Waals surface area (Å²) in [6, 6.07) is 44.6. The molecule has 0 amide bonds. The first-order valence-electron chi connectivity index (χ1n) is 13.2. The van der Waals surface area contributed by atoms with Crippen LogP contribution in [0, 0.1) is 0 Å². The van der Waals surface area contributed by atoms with Crippen molar-refractivity contribution in [1.82, 2.24) is 0 Å². The predicted octanol–water partition coefficient (Wildman–Crippen LogP) is 7.98. The smallest absolute Gasteiger partial charge is 0.0195 e. The van der Waals surface area contributed by atoms with E-state index < -0.39 is 0 Å². The van der Waals surface area contributed by atoms with E-state index in [-0.39, 0.29) is 15.8 Å². The monoisotopic (exact) mass is 496 g/mol. The van der Waals surface area contributed by atoms with E-state index in [1.54, 1.807) is 0 Å². The van der Waals surface area contributed by atoms with E-state index in [2.05, 4.69) is 121 Å². The summed E-state index contributed by atoms with van der Waals surface area (Å²) in [5.74, 6) is 0. The fourth-order valence-electron chi connectivity index (χ4n) is 4.67. The van der Waals surface area contributed by atoms with Gasteiger partial charge < -0.3 is 0 Å². The summed E-state index contributed by atoms with van der Waals surface area (Å²) < 4.78 is 0. The van der Waals surface area contributed by atoms with Gasteiger partial charge in [0.15, 0.2) is 0 Å². The van der Waals surface area contributed by atoms with Gasteiger partial charge in [0.2, 0.25) is 0 Å². The molecule has 0 saturated heterocycles. The van der Waals surface area contributed by atoms with E-state index >= 15 is 0 Å². The van der Waals surface area contributed by atoms with Crippen molar-refractivity contribution in [3.8, 4) is 0 Å². The number of benzene rings is 4. The highest BCUT2D eigenvalue weighted by Crippen LogP contribution is 2.36. The van der Waals surface area contributed by atoms with Gasteiger partial charge in [-0.05, 0) is 62.2 Å². The average Bonchev–Trinajstić information content (AvgIpc) is 2.94. The molecule has 0 aliphatic carbocycles. The molecule has 0 atom stereocenters. The van der Waals surface area contributed by atoms with E-state index in [0.29, 0.717) is 0 Å². The van der Waals surface area contributed by atoms with E-state index in [4.69, 9.17) is 0 Å². The second-order valence-electron chi connectivity index (χ2n) is 9.12. The standard InChI is InChI=1S/C33H38P2/c1(2-4-18-28-34(30-20-10-6-11-21-30)31-22-12-7-13-23-31)3-5-19-29-35(32-24-14-8-15-25-32)33-26-16-9-17-27-33/h6-17,20-27H,1-5,18-19,28-29H2. The molecule has 0 fully saturated rings. The first kappa shape index (κ1) is 25.8. The minimum absolute atomic E-state index is 0.231. The van der Waals surface area contributed by atoms with Crippen molar-refractivity contribution in [3.05, 3.63) is 121 Å². The SMILES string of the molecule is c1ccc(P(CCCCCCCCCP(c2ccccc2)c2ccccc2)c2ccccc2)cc1. The zero-order valence-electron chi connectivity index (χ0n) is 20.8. The van der Waals surface area contributed by atoms with Crippen LogP contribution in [0.2, 0.25) is 0 Å². The zero-order chi connectivity index (χ0) is 24.0. The fourth-order valence-corrected chi connectivity index (χ4v) is 9.51. The topological polar surface area (TPSA) is 0 Å². The Morgan fingerprint density at radius 1 is 0.286 bits per heavy atom. The minimum atomic E-state index is -0.231. The van der Waals surface area contributed by atoms with E-state index in [9.17, 15) is 0 Å². The summed E-state index contributed by atoms with van der Waals surface area (Å²) in [6.07, 6.45) is 12.1. The van der Waals surface area contributed by atoms with Crippen LogP contribution in [0.15, 0.2) is 121 Å². The Morgan fingerprint density at radius 2 is 0.514 bits per heavy atom. The lowest BCUT2D eigenvalue weighted by Gasteiger charge is -2.19. The molecule has 0 saturated carbocycles. The van der Waals surface area contributed by atoms with Crippen LogP contribution >= 0.6 is 15.8 Å². The highest BCUT2D eigenvalue weighted by Gasteiger charge is 2.14. The summed E-state index contributed by atoms with van der Waals surface area (Å²) >= 11 is 0. The third kappa shape index (κ3) is 8.42. The molecule has 0 unspecified atom stereocenters. The van der Waals surface area contributed by atoms with Crippen molar-refractivity contribution < 1.29 is 0 Å². The van der Waals surface area contributed by atoms with Gasteiger partial charge in [-0.3, -0.25) is 0 Å². The van der Waals surface area contributed by atoms with Crippen molar-refractivity contribution >= 4 is 37.1 Å². The first-order chi connectivity index (χ1) is 17.4. The second-order valence-corrected chi connectivity index (χ2v) is 13.8. The van der Waals surface area contributed by atoms with Gasteiger partial charge in [0.1, 0.15) is 0 Å². The Morgan fingerprint density at radius 3 is 0.771 bits per heavy atom. The number of rotatable bonds is 14. The van der Waals surface area contributed by atoms with Crippen LogP contribution < -0.4 is 21.2 Å². The van der Waals surface area contributed by atoms with E-state index in [1.165, 1.54) is 78.5 Å². The van der Waals surface area contributed by atoms with Crippen LogP contribution in [0.25, 0.3) is 0 Å². The van der Waals surface area contributed by atoms with Crippen LogP contribution in [-0.2, 0) is 0 Å². The van der Waals surface area contributed by atoms with Crippen molar-refractivity contribution in [1.29, 1.82) is 0 Å². The Bertz CT molecular complexity index is 897. The number of hydrogen-bond donors (Lipinski definition) is 0. The zero-order valence-corrected chi connectivity index (χ0v) is 22.6. The molecule has 35 heavy (non-hydrogen) atoms. The lowest BCUT2D eigenvalue weighted by molar-refractivity contribution is 0.604. The van der Waals surface area contributed by atoms with Crippen molar-refractivity contribution in [2.24, 2.45) is 0 Å². The summed E-state index contributed by atoms with van der Waals surface area (Å²) in [5.41, 5.74) is 0. The molecule has 0 aliphatic rings. The molecule has 4 rings (SSSR count). The van der Waals surface area contributed by atoms with Gasteiger partial charge in [0.25, 0.3) is 0 Å². The summed E-state index contributed by atoms with van der Waals surface area (Å²) in [5, 5.41) is 6.06. The maximum absolute atomic E-state index is 2.32. The van der Waals surface area contributed by atoms with Gasteiger partial charge in [-0.2, -0.15) is 0 Å². The molecule has 0 N–H and O–H groups in total. The van der Waals surface area contributed by atoms with Crippen LogP contribution in [0.1, 0.15) is 44.9 Å². The average molecular weight is 497 g/mol. The largest absolute Gasteiger partial charge is 0.0622 e. The highest BCUT2D eigenvalue weighted by atomic mass is 31.1. The van der Waals surface area contributed by atoms with Crippen molar-refractivity contribution in [2.45, 2.75) is 44.9 Å². The molecule has 0 aromatic heterocycles. The number of unbranched alkanes of at least 4 members (excludes halogenated alkanes) is 6. The predicted molar refractivity (Wildman–Crippen MR) is 160 cm³/mol. The van der Waals surface area contributed by atoms with Crippen molar-refractivity contribution in [2.75, 3.05) is 12.3 Å². The summed E-state index contributed by atoms with van der Waals surface area (Å²) in [6.45, 7) is 0. The Kier molecular flexibility index (Phi) is 11.1. The van der Waals surface area contributed by atoms with E-state index in [1.807, 2.05) is 0 Å². The highest BCUT2D eigenvalue weighted by molar-refractivity contribution is 7.73. The van der Waals surface area contributed by atoms with Gasteiger partial charge >= 0.3 is 0 Å². The van der Waals surface area contributed by atoms with Crippen LogP contribution in [-0.4, -0.2) is 12.3 Å². The summed E-state index contributed by atoms with van der Waals surface area (Å²) in [7, 11) is -0.461. The normalized spacial score (nSPS) is 11.3. The summed E-state index contributed by atoms with van der Waals surface area (Å²) in [4.78, 5) is 0. The molecule has 4 aromatic rings. The molecule has 0 aliphatic heterocycles. The second kappa shape index (κ2) is 15.0. The molecule has 0 bridgehead atoms. The van der Waals surface area contributed by atoms with Gasteiger partial charge in [-0.1, -0.05) is 153 Å². The van der Waals surface area contributed by atoms with Gasteiger partial charge in [0.05, 0.1) is 0 Å². The molecule has 2 heteroatoms. The van der Waals surface area contributed by atoms with Crippen molar-refractivity contribution in [3.63, 3.8) is 0 Å². The van der Waals surface area contributed by atoms with Crippen LogP contribution in [0.4, 0.5) is 0 Å². The maximum atomic E-state index is 2.32. The Labute approximate surface area is 215 Å². The third-order valence-electron chi connectivity index (χ3n) is 6.53. The van der Waals surface area contributed by atoms with Gasteiger partial charge in [-0.15, -0.1) is 0 Å². The van der Waals surface area contributed by atoms with Crippen LogP contribution in [0.5, 0.6) is 0 Å².